The maximum Gasteiger partial charge on any atom is 0.305 e. The molecule has 0 spiro atoms. The zero-order chi connectivity index (χ0) is 24.2. The van der Waals surface area contributed by atoms with Gasteiger partial charge in [-0.25, -0.2) is 0 Å². The van der Waals surface area contributed by atoms with E-state index in [1.807, 2.05) is 36.4 Å². The van der Waals surface area contributed by atoms with Crippen molar-refractivity contribution in [3.63, 3.8) is 0 Å². The molecule has 5 heteroatoms. The molecule has 0 fully saturated rings. The van der Waals surface area contributed by atoms with Crippen molar-refractivity contribution in [2.75, 3.05) is 6.61 Å². The quantitative estimate of drug-likeness (QED) is 0.150. The molecule has 0 bridgehead atoms. The van der Waals surface area contributed by atoms with Crippen molar-refractivity contribution in [2.24, 2.45) is 5.92 Å². The topological polar surface area (TPSA) is 63.7 Å². The zero-order valence-corrected chi connectivity index (χ0v) is 20.3. The highest BCUT2D eigenvalue weighted by Crippen LogP contribution is 2.31. The molecule has 4 rings (SSSR count). The molecular weight excluding hydrogens is 426 g/mol. The summed E-state index contributed by atoms with van der Waals surface area (Å²) in [7, 11) is 0. The first-order valence-corrected chi connectivity index (χ1v) is 12.4. The summed E-state index contributed by atoms with van der Waals surface area (Å²) in [6.07, 6.45) is 5.88. The minimum atomic E-state index is -0.527. The van der Waals surface area contributed by atoms with E-state index in [-0.39, 0.29) is 24.4 Å². The number of amides is 2. The Morgan fingerprint density at radius 3 is 2.00 bits per heavy atom. The van der Waals surface area contributed by atoms with Crippen LogP contribution in [0.15, 0.2) is 48.5 Å². The molecule has 0 radical (unpaired) electrons. The van der Waals surface area contributed by atoms with Gasteiger partial charge in [0.2, 0.25) is 0 Å². The summed E-state index contributed by atoms with van der Waals surface area (Å²) in [5.74, 6) is -0.451. The van der Waals surface area contributed by atoms with E-state index in [0.717, 1.165) is 34.4 Å². The predicted molar refractivity (Wildman–Crippen MR) is 135 cm³/mol. The van der Waals surface area contributed by atoms with Gasteiger partial charge in [0, 0.05) is 6.42 Å². The molecule has 3 aromatic rings. The molecule has 0 saturated heterocycles. The molecule has 1 aliphatic rings. The van der Waals surface area contributed by atoms with Crippen LogP contribution in [0.1, 0.15) is 80.0 Å². The molecule has 0 aliphatic carbocycles. The van der Waals surface area contributed by atoms with Gasteiger partial charge in [0.15, 0.2) is 0 Å². The number of benzene rings is 3. The Morgan fingerprint density at radius 2 is 1.44 bits per heavy atom. The lowest BCUT2D eigenvalue weighted by Crippen LogP contribution is -2.41. The third-order valence-electron chi connectivity index (χ3n) is 6.81. The number of esters is 1. The number of ether oxygens (including phenoxy) is 1. The maximum atomic E-state index is 13.1. The molecule has 178 valence electrons. The Labute approximate surface area is 201 Å². The van der Waals surface area contributed by atoms with Gasteiger partial charge in [0.05, 0.1) is 17.2 Å². The smallest absolute Gasteiger partial charge is 0.305 e. The summed E-state index contributed by atoms with van der Waals surface area (Å²) in [6, 6.07) is 15.2. The highest BCUT2D eigenvalue weighted by Gasteiger charge is 2.39. The van der Waals surface area contributed by atoms with E-state index in [1.54, 1.807) is 19.1 Å². The average molecular weight is 460 g/mol. The van der Waals surface area contributed by atoms with E-state index in [1.165, 1.54) is 24.2 Å². The molecule has 0 saturated carbocycles. The van der Waals surface area contributed by atoms with Gasteiger partial charge in [-0.3, -0.25) is 19.3 Å². The SMILES string of the molecule is CCCCC[C@@H](C)CCC(=O)OC[C@H](C)N1C(=O)c2cc3cc4ccccc4cc3cc2C1=O. The molecule has 5 nitrogen and oxygen atoms in total. The van der Waals surface area contributed by atoms with E-state index in [9.17, 15) is 14.4 Å². The number of hydrogen-bond acceptors (Lipinski definition) is 4. The molecule has 3 aromatic carbocycles. The van der Waals surface area contributed by atoms with Crippen LogP contribution >= 0.6 is 0 Å². The van der Waals surface area contributed by atoms with Crippen LogP contribution < -0.4 is 0 Å². The molecule has 0 unspecified atom stereocenters. The average Bonchev–Trinajstić information content (AvgIpc) is 3.07. The summed E-state index contributed by atoms with van der Waals surface area (Å²) < 4.78 is 5.43. The Bertz CT molecular complexity index is 1160. The largest absolute Gasteiger partial charge is 0.463 e. The van der Waals surface area contributed by atoms with Gasteiger partial charge >= 0.3 is 5.97 Å². The second-order valence-electron chi connectivity index (χ2n) is 9.60. The van der Waals surface area contributed by atoms with Crippen LogP contribution in [-0.2, 0) is 9.53 Å². The Hall–Kier alpha value is -3.21. The molecule has 1 heterocycles. The van der Waals surface area contributed by atoms with Crippen LogP contribution in [0.4, 0.5) is 0 Å². The summed E-state index contributed by atoms with van der Waals surface area (Å²) in [4.78, 5) is 39.7. The minimum Gasteiger partial charge on any atom is -0.463 e. The monoisotopic (exact) mass is 459 g/mol. The van der Waals surface area contributed by atoms with Crippen molar-refractivity contribution in [1.29, 1.82) is 0 Å². The van der Waals surface area contributed by atoms with Gasteiger partial charge in [-0.15, -0.1) is 0 Å². The highest BCUT2D eigenvalue weighted by molar-refractivity contribution is 6.23. The number of rotatable bonds is 10. The van der Waals surface area contributed by atoms with E-state index in [2.05, 4.69) is 13.8 Å². The third kappa shape index (κ3) is 4.98. The predicted octanol–water partition coefficient (Wildman–Crippen LogP) is 6.52. The molecule has 0 aromatic heterocycles. The summed E-state index contributed by atoms with van der Waals surface area (Å²) in [6.45, 7) is 6.10. The van der Waals surface area contributed by atoms with Gasteiger partial charge < -0.3 is 4.74 Å². The van der Waals surface area contributed by atoms with Crippen molar-refractivity contribution in [2.45, 2.75) is 65.3 Å². The summed E-state index contributed by atoms with van der Waals surface area (Å²) in [5.41, 5.74) is 0.818. The van der Waals surface area contributed by atoms with Crippen molar-refractivity contribution in [3.05, 3.63) is 59.7 Å². The Kier molecular flexibility index (Phi) is 7.30. The third-order valence-corrected chi connectivity index (χ3v) is 6.81. The molecule has 1 aliphatic heterocycles. The standard InChI is InChI=1S/C29H33NO4/c1-4-5-6-9-19(2)12-13-27(31)34-18-20(3)30-28(32)25-16-23-14-21-10-7-8-11-22(21)15-24(23)17-26(25)29(30)33/h7-8,10-11,14-17,19-20H,4-6,9,12-13,18H2,1-3H3/t19-,20+/m1/s1. The minimum absolute atomic E-state index is 0.0118. The number of carbonyl (C=O) groups is 3. The number of unbranched alkanes of at least 4 members (excludes halogenated alkanes) is 2. The van der Waals surface area contributed by atoms with Crippen LogP contribution in [0.3, 0.4) is 0 Å². The Balaban J connectivity index is 1.40. The first-order chi connectivity index (χ1) is 16.4. The number of hydrogen-bond donors (Lipinski definition) is 0. The normalized spacial score (nSPS) is 15.1. The molecular formula is C29H33NO4. The fourth-order valence-corrected chi connectivity index (χ4v) is 4.71. The lowest BCUT2D eigenvalue weighted by atomic mass is 9.98. The van der Waals surface area contributed by atoms with Crippen molar-refractivity contribution >= 4 is 39.3 Å². The van der Waals surface area contributed by atoms with Crippen LogP contribution in [0.25, 0.3) is 21.5 Å². The number of nitrogens with zero attached hydrogens (tertiary/aromatic N) is 1. The fraction of sp³-hybridized carbons (Fsp3) is 0.414. The van der Waals surface area contributed by atoms with Crippen LogP contribution in [0.2, 0.25) is 0 Å². The number of fused-ring (bicyclic) bond motifs is 3. The van der Waals surface area contributed by atoms with Crippen LogP contribution in [0.5, 0.6) is 0 Å². The van der Waals surface area contributed by atoms with Crippen LogP contribution in [-0.4, -0.2) is 35.3 Å². The van der Waals surface area contributed by atoms with Gasteiger partial charge in [-0.05, 0) is 65.1 Å². The number of carbonyl (C=O) groups excluding carboxylic acids is 3. The first-order valence-electron chi connectivity index (χ1n) is 12.4. The zero-order valence-electron chi connectivity index (χ0n) is 20.3. The summed E-state index contributed by atoms with van der Waals surface area (Å²) in [5, 5.41) is 4.02. The van der Waals surface area contributed by atoms with Gasteiger partial charge in [-0.1, -0.05) is 63.8 Å². The highest BCUT2D eigenvalue weighted by atomic mass is 16.5. The van der Waals surface area contributed by atoms with Crippen molar-refractivity contribution < 1.29 is 19.1 Å². The van der Waals surface area contributed by atoms with Crippen molar-refractivity contribution in [1.82, 2.24) is 4.90 Å². The molecule has 0 N–H and O–H groups in total. The van der Waals surface area contributed by atoms with Gasteiger partial charge in [0.1, 0.15) is 6.61 Å². The van der Waals surface area contributed by atoms with Crippen LogP contribution in [0, 0.1) is 5.92 Å². The molecule has 2 amide bonds. The van der Waals surface area contributed by atoms with E-state index in [4.69, 9.17) is 4.74 Å². The lowest BCUT2D eigenvalue weighted by Gasteiger charge is -2.22. The first kappa shape index (κ1) is 23.9. The number of imide groups is 1. The summed E-state index contributed by atoms with van der Waals surface area (Å²) >= 11 is 0. The molecule has 2 atom stereocenters. The lowest BCUT2D eigenvalue weighted by molar-refractivity contribution is -0.145. The van der Waals surface area contributed by atoms with Gasteiger partial charge in [0.25, 0.3) is 11.8 Å². The maximum absolute atomic E-state index is 13.1. The van der Waals surface area contributed by atoms with Crippen molar-refractivity contribution in [3.8, 4) is 0 Å². The van der Waals surface area contributed by atoms with E-state index >= 15 is 0 Å². The van der Waals surface area contributed by atoms with E-state index in [0.29, 0.717) is 23.5 Å². The Morgan fingerprint density at radius 1 is 0.853 bits per heavy atom. The second kappa shape index (κ2) is 10.4. The van der Waals surface area contributed by atoms with Gasteiger partial charge in [-0.2, -0.15) is 0 Å². The molecule has 34 heavy (non-hydrogen) atoms. The van der Waals surface area contributed by atoms with E-state index < -0.39 is 6.04 Å². The fourth-order valence-electron chi connectivity index (χ4n) is 4.71. The second-order valence-corrected chi connectivity index (χ2v) is 9.60.